The van der Waals surface area contributed by atoms with Crippen LogP contribution in [0.4, 0.5) is 0 Å². The first-order valence-corrected chi connectivity index (χ1v) is 10.1. The maximum atomic E-state index is 12.9. The molecule has 0 bridgehead atoms. The number of methoxy groups -OCH3 is 1. The predicted octanol–water partition coefficient (Wildman–Crippen LogP) is 4.13. The van der Waals surface area contributed by atoms with Gasteiger partial charge in [-0.3, -0.25) is 9.59 Å². The Balaban J connectivity index is 1.70. The third kappa shape index (κ3) is 6.57. The highest BCUT2D eigenvalue weighted by Gasteiger charge is 2.14. The zero-order valence-electron chi connectivity index (χ0n) is 17.7. The summed E-state index contributed by atoms with van der Waals surface area (Å²) in [6.45, 7) is 2.44. The van der Waals surface area contributed by atoms with Crippen molar-refractivity contribution in [2.24, 2.45) is 0 Å². The Labute approximate surface area is 182 Å². The molecule has 0 saturated carbocycles. The fourth-order valence-electron chi connectivity index (χ4n) is 2.98. The minimum Gasteiger partial charge on any atom is -0.497 e. The molecular weight excluding hydrogens is 388 g/mol. The zero-order chi connectivity index (χ0) is 22.1. The third-order valence-electron chi connectivity index (χ3n) is 4.78. The summed E-state index contributed by atoms with van der Waals surface area (Å²) in [6.07, 6.45) is 2.35. The molecule has 0 aliphatic heterocycles. The molecule has 0 fully saturated rings. The lowest BCUT2D eigenvalue weighted by Crippen LogP contribution is -2.35. The topological polar surface area (TPSA) is 67.4 Å². The molecule has 2 amide bonds. The number of ether oxygens (including phenoxy) is 1. The summed E-state index contributed by atoms with van der Waals surface area (Å²) < 4.78 is 5.16. The zero-order valence-corrected chi connectivity index (χ0v) is 17.7. The summed E-state index contributed by atoms with van der Waals surface area (Å²) in [4.78, 5) is 25.5. The van der Waals surface area contributed by atoms with Gasteiger partial charge in [0.25, 0.3) is 11.8 Å². The average molecular weight is 415 g/mol. The minimum absolute atomic E-state index is 0.201. The second-order valence-corrected chi connectivity index (χ2v) is 7.14. The first-order valence-electron chi connectivity index (χ1n) is 10.1. The van der Waals surface area contributed by atoms with Crippen molar-refractivity contribution in [1.82, 2.24) is 10.6 Å². The molecule has 0 aliphatic rings. The van der Waals surface area contributed by atoms with Gasteiger partial charge < -0.3 is 15.4 Å². The second-order valence-electron chi connectivity index (χ2n) is 7.14. The molecule has 5 nitrogen and oxygen atoms in total. The normalized spacial score (nSPS) is 11.0. The van der Waals surface area contributed by atoms with Crippen molar-refractivity contribution in [3.05, 3.63) is 107 Å². The van der Waals surface area contributed by atoms with Crippen molar-refractivity contribution in [3.8, 4) is 5.75 Å². The van der Waals surface area contributed by atoms with Crippen molar-refractivity contribution in [1.29, 1.82) is 0 Å². The molecule has 5 heteroatoms. The first-order chi connectivity index (χ1) is 15.0. The van der Waals surface area contributed by atoms with Gasteiger partial charge in [0.2, 0.25) is 0 Å². The molecular formula is C26H26N2O3. The van der Waals surface area contributed by atoms with E-state index in [0.29, 0.717) is 18.5 Å². The summed E-state index contributed by atoms with van der Waals surface area (Å²) in [5, 5.41) is 5.65. The molecule has 2 N–H and O–H groups in total. The number of hydrogen-bond acceptors (Lipinski definition) is 3. The van der Waals surface area contributed by atoms with Crippen molar-refractivity contribution < 1.29 is 14.3 Å². The lowest BCUT2D eigenvalue weighted by atomic mass is 10.1. The van der Waals surface area contributed by atoms with Gasteiger partial charge >= 0.3 is 0 Å². The summed E-state index contributed by atoms with van der Waals surface area (Å²) in [6, 6.07) is 24.3. The number of aryl methyl sites for hydroxylation is 1. The van der Waals surface area contributed by atoms with E-state index in [2.05, 4.69) is 10.6 Å². The van der Waals surface area contributed by atoms with Gasteiger partial charge in [0.15, 0.2) is 0 Å². The van der Waals surface area contributed by atoms with Crippen molar-refractivity contribution in [2.45, 2.75) is 13.3 Å². The largest absolute Gasteiger partial charge is 0.497 e. The van der Waals surface area contributed by atoms with Crippen LogP contribution in [-0.4, -0.2) is 25.5 Å². The van der Waals surface area contributed by atoms with Crippen LogP contribution in [0, 0.1) is 6.92 Å². The van der Waals surface area contributed by atoms with Gasteiger partial charge in [-0.1, -0.05) is 60.2 Å². The standard InChI is InChI=1S/C26H26N2O3/c1-19-8-10-21(11-9-19)18-24(28-25(29)22-6-4-3-5-7-22)26(30)27-17-16-20-12-14-23(31-2)15-13-20/h3-15,18H,16-17H2,1-2H3,(H,27,30)(H,28,29). The van der Waals surface area contributed by atoms with Gasteiger partial charge in [-0.2, -0.15) is 0 Å². The molecule has 31 heavy (non-hydrogen) atoms. The molecule has 0 aliphatic carbocycles. The molecule has 0 unspecified atom stereocenters. The van der Waals surface area contributed by atoms with Crippen LogP contribution in [0.2, 0.25) is 0 Å². The van der Waals surface area contributed by atoms with Gasteiger partial charge in [0, 0.05) is 12.1 Å². The molecule has 3 aromatic carbocycles. The molecule has 0 saturated heterocycles. The van der Waals surface area contributed by atoms with Crippen LogP contribution in [0.1, 0.15) is 27.0 Å². The lowest BCUT2D eigenvalue weighted by molar-refractivity contribution is -0.117. The molecule has 3 rings (SSSR count). The smallest absolute Gasteiger partial charge is 0.267 e. The van der Waals surface area contributed by atoms with E-state index < -0.39 is 0 Å². The number of nitrogens with one attached hydrogen (secondary N) is 2. The first kappa shape index (κ1) is 21.8. The van der Waals surface area contributed by atoms with Gasteiger partial charge in [-0.25, -0.2) is 0 Å². The van der Waals surface area contributed by atoms with Crippen molar-refractivity contribution >= 4 is 17.9 Å². The highest BCUT2D eigenvalue weighted by molar-refractivity contribution is 6.05. The third-order valence-corrected chi connectivity index (χ3v) is 4.78. The Morgan fingerprint density at radius 2 is 1.58 bits per heavy atom. The summed E-state index contributed by atoms with van der Waals surface area (Å²) in [5.74, 6) is 0.127. The number of hydrogen-bond donors (Lipinski definition) is 2. The van der Waals surface area contributed by atoms with E-state index >= 15 is 0 Å². The summed E-state index contributed by atoms with van der Waals surface area (Å²) >= 11 is 0. The van der Waals surface area contributed by atoms with Crippen LogP contribution < -0.4 is 15.4 Å². The summed E-state index contributed by atoms with van der Waals surface area (Å²) in [7, 11) is 1.63. The average Bonchev–Trinajstić information content (AvgIpc) is 2.81. The van der Waals surface area contributed by atoms with Gasteiger partial charge in [0.1, 0.15) is 11.4 Å². The maximum absolute atomic E-state index is 12.9. The Morgan fingerprint density at radius 3 is 2.23 bits per heavy atom. The highest BCUT2D eigenvalue weighted by Crippen LogP contribution is 2.12. The Kier molecular flexibility index (Phi) is 7.60. The number of benzene rings is 3. The van der Waals surface area contributed by atoms with Crippen LogP contribution in [-0.2, 0) is 11.2 Å². The molecule has 158 valence electrons. The second kappa shape index (κ2) is 10.8. The van der Waals surface area contributed by atoms with Crippen molar-refractivity contribution in [2.75, 3.05) is 13.7 Å². The van der Waals surface area contributed by atoms with Crippen LogP contribution in [0.25, 0.3) is 6.08 Å². The minimum atomic E-state index is -0.335. The van der Waals surface area contributed by atoms with E-state index in [1.807, 2.05) is 61.5 Å². The van der Waals surface area contributed by atoms with E-state index in [9.17, 15) is 9.59 Å². The Bertz CT molecular complexity index is 1040. The molecule has 0 spiro atoms. The quantitative estimate of drug-likeness (QED) is 0.545. The van der Waals surface area contributed by atoms with Gasteiger partial charge in [-0.05, 0) is 54.8 Å². The highest BCUT2D eigenvalue weighted by atomic mass is 16.5. The van der Waals surface area contributed by atoms with E-state index in [1.165, 1.54) is 0 Å². The van der Waals surface area contributed by atoms with Crippen LogP contribution >= 0.6 is 0 Å². The Hall–Kier alpha value is -3.86. The monoisotopic (exact) mass is 414 g/mol. The van der Waals surface area contributed by atoms with E-state index in [0.717, 1.165) is 22.4 Å². The SMILES string of the molecule is COc1ccc(CCNC(=O)C(=Cc2ccc(C)cc2)NC(=O)c2ccccc2)cc1. The van der Waals surface area contributed by atoms with Crippen molar-refractivity contribution in [3.63, 3.8) is 0 Å². The molecule has 0 atom stereocenters. The van der Waals surface area contributed by atoms with Gasteiger partial charge in [0.05, 0.1) is 7.11 Å². The van der Waals surface area contributed by atoms with Gasteiger partial charge in [-0.15, -0.1) is 0 Å². The molecule has 0 aromatic heterocycles. The van der Waals surface area contributed by atoms with Crippen LogP contribution in [0.15, 0.2) is 84.6 Å². The fourth-order valence-corrected chi connectivity index (χ4v) is 2.98. The number of amides is 2. The number of rotatable bonds is 8. The summed E-state index contributed by atoms with van der Waals surface area (Å²) in [5.41, 5.74) is 3.73. The molecule has 0 heterocycles. The molecule has 3 aromatic rings. The van der Waals surface area contributed by atoms with E-state index in [1.54, 1.807) is 37.5 Å². The van der Waals surface area contributed by atoms with Crippen LogP contribution in [0.3, 0.4) is 0 Å². The maximum Gasteiger partial charge on any atom is 0.267 e. The predicted molar refractivity (Wildman–Crippen MR) is 123 cm³/mol. The molecule has 0 radical (unpaired) electrons. The fraction of sp³-hybridized carbons (Fsp3) is 0.154. The van der Waals surface area contributed by atoms with Crippen LogP contribution in [0.5, 0.6) is 5.75 Å². The Morgan fingerprint density at radius 1 is 0.903 bits per heavy atom. The number of carbonyl (C=O) groups excluding carboxylic acids is 2. The lowest BCUT2D eigenvalue weighted by Gasteiger charge is -2.12. The van der Waals surface area contributed by atoms with E-state index in [-0.39, 0.29) is 17.5 Å². The number of carbonyl (C=O) groups is 2. The van der Waals surface area contributed by atoms with E-state index in [4.69, 9.17) is 4.74 Å².